The van der Waals surface area contributed by atoms with Crippen LogP contribution in [0.15, 0.2) is 312 Å². The van der Waals surface area contributed by atoms with Gasteiger partial charge in [0.2, 0.25) is 0 Å². The lowest BCUT2D eigenvalue weighted by molar-refractivity contribution is 0.662. The summed E-state index contributed by atoms with van der Waals surface area (Å²) in [5, 5.41) is 17.3. The minimum absolute atomic E-state index is 0.973. The van der Waals surface area contributed by atoms with Gasteiger partial charge in [0.1, 0.15) is 67.0 Å². The normalized spacial score (nSPS) is 11.3. The first kappa shape index (κ1) is 72.1. The topological polar surface area (TPSA) is 83.8 Å². The molecule has 0 aliphatic rings. The van der Waals surface area contributed by atoms with E-state index in [4.69, 9.17) is 26.5 Å². The highest BCUT2D eigenvalue weighted by Gasteiger charge is 2.17. The number of hydrogen-bond acceptors (Lipinski definition) is 6. The molecule has 0 fully saturated rings. The van der Waals surface area contributed by atoms with Crippen molar-refractivity contribution in [2.45, 2.75) is 96.9 Å². The van der Waals surface area contributed by atoms with Gasteiger partial charge in [-0.25, -0.2) is 0 Å². The average molecular weight is 1450 g/mol. The van der Waals surface area contributed by atoms with Crippen molar-refractivity contribution in [1.82, 2.24) is 4.57 Å². The van der Waals surface area contributed by atoms with Gasteiger partial charge < -0.3 is 31.1 Å². The van der Waals surface area contributed by atoms with Gasteiger partial charge in [0.05, 0.1) is 11.0 Å². The second-order valence-electron chi connectivity index (χ2n) is 30.0. The maximum Gasteiger partial charge on any atom is 0.138 e. The summed E-state index contributed by atoms with van der Waals surface area (Å²) < 4.78 is 37.4. The molecular formula is C104H89NO6. The van der Waals surface area contributed by atoms with Crippen molar-refractivity contribution in [1.29, 1.82) is 0 Å². The van der Waals surface area contributed by atoms with E-state index in [0.717, 1.165) is 67.0 Å². The number of para-hydroxylation sites is 6. The summed E-state index contributed by atoms with van der Waals surface area (Å²) >= 11 is 0. The van der Waals surface area contributed by atoms with Crippen molar-refractivity contribution in [3.05, 3.63) is 363 Å². The van der Waals surface area contributed by atoms with Crippen LogP contribution in [0.3, 0.4) is 0 Å². The molecule has 7 aromatic heterocycles. The summed E-state index contributed by atoms with van der Waals surface area (Å²) in [6.07, 6.45) is 0. The highest BCUT2D eigenvalue weighted by molar-refractivity contribution is 6.12. The maximum atomic E-state index is 5.91. The van der Waals surface area contributed by atoms with Gasteiger partial charge in [-0.1, -0.05) is 217 Å². The van der Waals surface area contributed by atoms with Crippen LogP contribution in [-0.4, -0.2) is 4.57 Å². The van der Waals surface area contributed by atoms with Crippen LogP contribution < -0.4 is 0 Å². The van der Waals surface area contributed by atoms with Crippen LogP contribution in [0, 0.1) is 96.9 Å². The Bertz CT molecular complexity index is 7110. The van der Waals surface area contributed by atoms with Crippen LogP contribution in [0.4, 0.5) is 0 Å². The Labute approximate surface area is 646 Å². The van der Waals surface area contributed by atoms with Gasteiger partial charge in [-0.15, -0.1) is 0 Å². The molecule has 0 atom stereocenters. The number of aromatic nitrogens is 1. The lowest BCUT2D eigenvalue weighted by Crippen LogP contribution is -1.96. The van der Waals surface area contributed by atoms with Gasteiger partial charge in [0.25, 0.3) is 0 Å². The van der Waals surface area contributed by atoms with Gasteiger partial charge >= 0.3 is 0 Å². The summed E-state index contributed by atoms with van der Waals surface area (Å²) in [4.78, 5) is 0. The third-order valence-electron chi connectivity index (χ3n) is 21.3. The third-order valence-corrected chi connectivity index (χ3v) is 21.3. The molecule has 0 bridgehead atoms. The minimum atomic E-state index is 0.973. The van der Waals surface area contributed by atoms with Crippen molar-refractivity contribution < 1.29 is 26.5 Å². The fourth-order valence-electron chi connectivity index (χ4n) is 15.6. The molecule has 0 saturated carbocycles. The fraction of sp³-hybridized carbons (Fsp3) is 0.135. The molecule has 15 aromatic carbocycles. The molecule has 0 spiro atoms. The predicted molar refractivity (Wildman–Crippen MR) is 469 cm³/mol. The van der Waals surface area contributed by atoms with Crippen LogP contribution >= 0.6 is 0 Å². The molecule has 0 N–H and O–H groups in total. The van der Waals surface area contributed by atoms with Gasteiger partial charge in [0, 0.05) is 81.1 Å². The highest BCUT2D eigenvalue weighted by Crippen LogP contribution is 2.39. The molecule has 7 heterocycles. The molecule has 7 nitrogen and oxygen atoms in total. The quantitative estimate of drug-likeness (QED) is 0.163. The monoisotopic (exact) mass is 1450 g/mol. The van der Waals surface area contributed by atoms with Gasteiger partial charge in [0.15, 0.2) is 0 Å². The van der Waals surface area contributed by atoms with E-state index < -0.39 is 0 Å². The van der Waals surface area contributed by atoms with E-state index in [1.807, 2.05) is 30.3 Å². The molecule has 546 valence electrons. The van der Waals surface area contributed by atoms with Crippen LogP contribution in [0.2, 0.25) is 0 Å². The Morgan fingerprint density at radius 3 is 1.03 bits per heavy atom. The van der Waals surface area contributed by atoms with E-state index in [1.165, 1.54) is 170 Å². The van der Waals surface area contributed by atoms with Crippen molar-refractivity contribution in [3.8, 4) is 5.69 Å². The standard InChI is InChI=1S/C20H17N.6C14H12O/c1-14-11-12-20-17(13-14)16-8-4-6-10-19(16)21(20)18-9-5-3-7-15(18)2;1-9-5-4-8-12-13(9)11-7-3-6-10(2)14(11)15-12;1-9-4-6-13-12(7-9)11-5-3-10(2)8-14(11)15-13;1-9-3-5-11-12-6-4-10(2)8-14(12)15-13(11)7-9;1-9-5-3-7-11-12-8-4-6-10(2)14(12)15-13(9)11;1-9-6-7-11-13(8-9)15-12-5-3-4-10(2)14(11)12;1-9-6-7-11-12-5-3-4-10(2)14(12)15-13(11)8-9/h3-13H,1-2H3;6*3-8H,1-2H3. The van der Waals surface area contributed by atoms with Crippen molar-refractivity contribution in [3.63, 3.8) is 0 Å². The van der Waals surface area contributed by atoms with E-state index in [1.54, 1.807) is 0 Å². The Balaban J connectivity index is 0.0000000985. The summed E-state index contributed by atoms with van der Waals surface area (Å²) in [7, 11) is 0. The lowest BCUT2D eigenvalue weighted by Gasteiger charge is -2.10. The van der Waals surface area contributed by atoms with E-state index in [9.17, 15) is 0 Å². The van der Waals surface area contributed by atoms with Gasteiger partial charge in [-0.2, -0.15) is 0 Å². The zero-order chi connectivity index (χ0) is 76.9. The molecule has 111 heavy (non-hydrogen) atoms. The molecule has 22 rings (SSSR count). The van der Waals surface area contributed by atoms with Crippen LogP contribution in [0.25, 0.3) is 159 Å². The number of aryl methyl sites for hydroxylation is 14. The maximum absolute atomic E-state index is 5.91. The molecule has 0 radical (unpaired) electrons. The number of nitrogens with zero attached hydrogens (tertiary/aromatic N) is 1. The molecule has 0 unspecified atom stereocenters. The largest absolute Gasteiger partial charge is 0.456 e. The number of rotatable bonds is 1. The fourth-order valence-corrected chi connectivity index (χ4v) is 15.6. The first-order valence-corrected chi connectivity index (χ1v) is 38.2. The van der Waals surface area contributed by atoms with E-state index >= 15 is 0 Å². The molecule has 0 amide bonds. The SMILES string of the molecule is Cc1ccc2c(c1)c1ccccc1n2-c1ccccc1C.Cc1ccc2c(c1)oc1c(C)cccc12.Cc1ccc2c(c1)oc1cc(C)ccc12.Cc1ccc2c(c1)oc1ccc(C)cc12.Cc1ccc2c(c1)oc1cccc(C)c12.Cc1cccc2c1oc1c(C)cccc12.Cc1cccc2c1oc1cccc(C)c12. The summed E-state index contributed by atoms with van der Waals surface area (Å²) in [6.45, 7) is 29.4. The Morgan fingerprint density at radius 1 is 0.171 bits per heavy atom. The molecule has 0 saturated heterocycles. The van der Waals surface area contributed by atoms with E-state index in [0.29, 0.717) is 0 Å². The highest BCUT2D eigenvalue weighted by atomic mass is 16.3. The lowest BCUT2D eigenvalue weighted by atomic mass is 10.1. The average Bonchev–Trinajstić information content (AvgIpc) is 1.61. The van der Waals surface area contributed by atoms with Crippen LogP contribution in [0.1, 0.15) is 77.9 Å². The smallest absolute Gasteiger partial charge is 0.138 e. The van der Waals surface area contributed by atoms with Crippen LogP contribution in [-0.2, 0) is 0 Å². The Morgan fingerprint density at radius 2 is 0.486 bits per heavy atom. The van der Waals surface area contributed by atoms with Gasteiger partial charge in [-0.3, -0.25) is 0 Å². The number of furan rings is 6. The molecular weight excluding hydrogens is 1360 g/mol. The number of hydrogen-bond donors (Lipinski definition) is 0. The Kier molecular flexibility index (Phi) is 19.6. The molecule has 0 aliphatic carbocycles. The molecule has 0 aliphatic heterocycles. The molecule has 7 heteroatoms. The zero-order valence-electron chi connectivity index (χ0n) is 65.5. The van der Waals surface area contributed by atoms with E-state index in [2.05, 4.69) is 356 Å². The third kappa shape index (κ3) is 14.2. The Hall–Kier alpha value is -13.1. The zero-order valence-corrected chi connectivity index (χ0v) is 65.5. The summed E-state index contributed by atoms with van der Waals surface area (Å²) in [5.41, 5.74) is 33.1. The predicted octanol–water partition coefficient (Wildman–Crippen LogP) is 30.6. The summed E-state index contributed by atoms with van der Waals surface area (Å²) in [6, 6.07) is 99.5. The first-order chi connectivity index (χ1) is 53.8. The summed E-state index contributed by atoms with van der Waals surface area (Å²) in [5.74, 6) is 0. The first-order valence-electron chi connectivity index (χ1n) is 38.2. The van der Waals surface area contributed by atoms with Crippen molar-refractivity contribution >= 4 is 153 Å². The van der Waals surface area contributed by atoms with Gasteiger partial charge in [-0.05, 0) is 243 Å². The second-order valence-corrected chi connectivity index (χ2v) is 30.0. The number of fused-ring (bicyclic) bond motifs is 21. The molecule has 22 aromatic rings. The van der Waals surface area contributed by atoms with Crippen molar-refractivity contribution in [2.24, 2.45) is 0 Å². The van der Waals surface area contributed by atoms with Crippen LogP contribution in [0.5, 0.6) is 0 Å². The minimum Gasteiger partial charge on any atom is -0.456 e. The number of benzene rings is 15. The van der Waals surface area contributed by atoms with Crippen molar-refractivity contribution in [2.75, 3.05) is 0 Å². The second kappa shape index (κ2) is 30.2. The van der Waals surface area contributed by atoms with E-state index in [-0.39, 0.29) is 0 Å².